The van der Waals surface area contributed by atoms with Gasteiger partial charge in [0.1, 0.15) is 11.6 Å². The molecule has 3 rings (SSSR count). The number of hydrogen-bond acceptors (Lipinski definition) is 4. The lowest BCUT2D eigenvalue weighted by atomic mass is 10.0. The van der Waals surface area contributed by atoms with Crippen LogP contribution in [0.4, 0.5) is 5.82 Å². The minimum Gasteiger partial charge on any atom is -0.360 e. The van der Waals surface area contributed by atoms with E-state index in [1.165, 1.54) is 0 Å². The van der Waals surface area contributed by atoms with Crippen LogP contribution in [0.3, 0.4) is 0 Å². The molecule has 3 aromatic rings. The van der Waals surface area contributed by atoms with Gasteiger partial charge < -0.3 is 9.88 Å². The fourth-order valence-corrected chi connectivity index (χ4v) is 2.70. The van der Waals surface area contributed by atoms with Crippen molar-refractivity contribution >= 4 is 11.5 Å². The Morgan fingerprint density at radius 1 is 1.13 bits per heavy atom. The highest BCUT2D eigenvalue weighted by Crippen LogP contribution is 2.27. The van der Waals surface area contributed by atoms with Crippen LogP contribution in [0, 0.1) is 5.92 Å². The quantitative estimate of drug-likeness (QED) is 0.784. The fourth-order valence-electron chi connectivity index (χ4n) is 2.70. The molecule has 0 radical (unpaired) electrons. The van der Waals surface area contributed by atoms with Crippen molar-refractivity contribution < 1.29 is 0 Å². The highest BCUT2D eigenvalue weighted by molar-refractivity contribution is 5.50. The average Bonchev–Trinajstić information content (AvgIpc) is 3.12. The molecular formula is C17H24N6. The third-order valence-electron chi connectivity index (χ3n) is 4.08. The molecule has 122 valence electrons. The number of aryl methyl sites for hydroxylation is 1. The highest BCUT2D eigenvalue weighted by atomic mass is 15.3. The number of aromatic nitrogens is 5. The zero-order valence-corrected chi connectivity index (χ0v) is 14.4. The smallest absolute Gasteiger partial charge is 0.157 e. The summed E-state index contributed by atoms with van der Waals surface area (Å²) < 4.78 is 3.91. The molecule has 0 fully saturated rings. The Kier molecular flexibility index (Phi) is 4.07. The van der Waals surface area contributed by atoms with Crippen molar-refractivity contribution in [3.8, 4) is 0 Å². The van der Waals surface area contributed by atoms with Crippen LogP contribution >= 0.6 is 0 Å². The van der Waals surface area contributed by atoms with Gasteiger partial charge in [-0.2, -0.15) is 9.61 Å². The first kappa shape index (κ1) is 15.5. The van der Waals surface area contributed by atoms with E-state index < -0.39 is 0 Å². The fraction of sp³-hybridized carbons (Fsp3) is 0.471. The third-order valence-corrected chi connectivity index (χ3v) is 4.08. The second-order valence-corrected chi connectivity index (χ2v) is 6.58. The van der Waals surface area contributed by atoms with Gasteiger partial charge in [-0.3, -0.25) is 0 Å². The third kappa shape index (κ3) is 2.93. The lowest BCUT2D eigenvalue weighted by Crippen LogP contribution is -2.22. The monoisotopic (exact) mass is 312 g/mol. The normalized spacial score (nSPS) is 13.2. The Morgan fingerprint density at radius 2 is 1.91 bits per heavy atom. The molecule has 0 amide bonds. The van der Waals surface area contributed by atoms with Crippen molar-refractivity contribution in [2.45, 2.75) is 39.7 Å². The minimum atomic E-state index is 0.102. The van der Waals surface area contributed by atoms with Crippen LogP contribution in [0.5, 0.6) is 0 Å². The number of nitrogens with zero attached hydrogens (tertiary/aromatic N) is 5. The first-order chi connectivity index (χ1) is 11.0. The van der Waals surface area contributed by atoms with E-state index in [0.717, 1.165) is 23.0 Å². The van der Waals surface area contributed by atoms with E-state index in [9.17, 15) is 0 Å². The molecule has 3 heterocycles. The maximum absolute atomic E-state index is 4.67. The van der Waals surface area contributed by atoms with E-state index in [2.05, 4.69) is 58.7 Å². The van der Waals surface area contributed by atoms with Crippen LogP contribution < -0.4 is 5.32 Å². The zero-order valence-electron chi connectivity index (χ0n) is 14.4. The molecule has 0 aliphatic rings. The van der Waals surface area contributed by atoms with Crippen LogP contribution in [0.1, 0.15) is 51.2 Å². The van der Waals surface area contributed by atoms with Gasteiger partial charge in [-0.15, -0.1) is 0 Å². The number of anilines is 1. The van der Waals surface area contributed by atoms with E-state index in [1.54, 1.807) is 6.20 Å². The Hall–Kier alpha value is -2.37. The van der Waals surface area contributed by atoms with Gasteiger partial charge in [-0.1, -0.05) is 27.7 Å². The van der Waals surface area contributed by atoms with Crippen LogP contribution in [0.25, 0.3) is 5.65 Å². The second kappa shape index (κ2) is 6.02. The molecule has 0 saturated carbocycles. The molecule has 0 spiro atoms. The summed E-state index contributed by atoms with van der Waals surface area (Å²) in [5.41, 5.74) is 1.92. The summed E-state index contributed by atoms with van der Waals surface area (Å²) in [6, 6.07) is 4.12. The van der Waals surface area contributed by atoms with Crippen LogP contribution in [-0.4, -0.2) is 24.1 Å². The summed E-state index contributed by atoms with van der Waals surface area (Å²) in [6.45, 7) is 8.68. The summed E-state index contributed by atoms with van der Waals surface area (Å²) in [4.78, 5) is 9.18. The number of nitrogens with one attached hydrogen (secondary N) is 1. The van der Waals surface area contributed by atoms with Gasteiger partial charge in [0.2, 0.25) is 0 Å². The lowest BCUT2D eigenvalue weighted by Gasteiger charge is -2.24. The summed E-state index contributed by atoms with van der Waals surface area (Å²) >= 11 is 0. The van der Waals surface area contributed by atoms with E-state index in [0.29, 0.717) is 11.8 Å². The molecule has 0 bridgehead atoms. The maximum Gasteiger partial charge on any atom is 0.157 e. The van der Waals surface area contributed by atoms with Gasteiger partial charge in [-0.05, 0) is 11.8 Å². The van der Waals surface area contributed by atoms with Gasteiger partial charge in [-0.25, -0.2) is 9.97 Å². The Balaban J connectivity index is 2.05. The predicted molar refractivity (Wildman–Crippen MR) is 91.5 cm³/mol. The van der Waals surface area contributed by atoms with Crippen molar-refractivity contribution in [2.24, 2.45) is 13.0 Å². The van der Waals surface area contributed by atoms with Gasteiger partial charge in [0.25, 0.3) is 0 Å². The van der Waals surface area contributed by atoms with Crippen LogP contribution in [0.15, 0.2) is 30.7 Å². The van der Waals surface area contributed by atoms with E-state index in [1.807, 2.05) is 30.0 Å². The number of imidazole rings is 1. The van der Waals surface area contributed by atoms with Crippen molar-refractivity contribution in [2.75, 3.05) is 5.32 Å². The van der Waals surface area contributed by atoms with Gasteiger partial charge in [0.05, 0.1) is 12.2 Å². The first-order valence-corrected chi connectivity index (χ1v) is 8.05. The molecule has 23 heavy (non-hydrogen) atoms. The van der Waals surface area contributed by atoms with Crippen molar-refractivity contribution in [3.05, 3.63) is 42.2 Å². The predicted octanol–water partition coefficient (Wildman–Crippen LogP) is 3.40. The van der Waals surface area contributed by atoms with Gasteiger partial charge in [0, 0.05) is 37.3 Å². The average molecular weight is 312 g/mol. The molecule has 6 nitrogen and oxygen atoms in total. The highest BCUT2D eigenvalue weighted by Gasteiger charge is 2.21. The molecule has 0 aliphatic heterocycles. The topological polar surface area (TPSA) is 60.0 Å². The SMILES string of the molecule is CC(C)c1cc(NC(c2nccn2C)C(C)C)n2nccc2n1. The largest absolute Gasteiger partial charge is 0.360 e. The second-order valence-electron chi connectivity index (χ2n) is 6.58. The zero-order chi connectivity index (χ0) is 16.6. The van der Waals surface area contributed by atoms with Crippen LogP contribution in [0.2, 0.25) is 0 Å². The van der Waals surface area contributed by atoms with Crippen molar-refractivity contribution in [1.82, 2.24) is 24.1 Å². The summed E-state index contributed by atoms with van der Waals surface area (Å²) in [5.74, 6) is 2.71. The first-order valence-electron chi connectivity index (χ1n) is 8.05. The van der Waals surface area contributed by atoms with Crippen molar-refractivity contribution in [3.63, 3.8) is 0 Å². The van der Waals surface area contributed by atoms with E-state index in [4.69, 9.17) is 0 Å². The van der Waals surface area contributed by atoms with Gasteiger partial charge in [0.15, 0.2) is 5.65 Å². The molecule has 3 aromatic heterocycles. The summed E-state index contributed by atoms with van der Waals surface area (Å²) in [5, 5.41) is 8.02. The molecule has 1 N–H and O–H groups in total. The number of hydrogen-bond donors (Lipinski definition) is 1. The number of fused-ring (bicyclic) bond motifs is 1. The standard InChI is InChI=1S/C17H24N6/c1-11(2)13-10-15(23-14(20-13)6-7-19-23)21-16(12(3)4)17-18-8-9-22(17)5/h6-12,16,21H,1-5H3. The molecule has 1 unspecified atom stereocenters. The molecule has 6 heteroatoms. The molecule has 0 saturated heterocycles. The molecule has 0 aromatic carbocycles. The molecular weight excluding hydrogens is 288 g/mol. The summed E-state index contributed by atoms with van der Waals surface area (Å²) in [7, 11) is 2.02. The Labute approximate surface area is 136 Å². The molecule has 1 atom stereocenters. The minimum absolute atomic E-state index is 0.102. The van der Waals surface area contributed by atoms with Crippen molar-refractivity contribution in [1.29, 1.82) is 0 Å². The molecule has 0 aliphatic carbocycles. The van der Waals surface area contributed by atoms with E-state index >= 15 is 0 Å². The Bertz CT molecular complexity index is 798. The Morgan fingerprint density at radius 3 is 2.52 bits per heavy atom. The van der Waals surface area contributed by atoms with Gasteiger partial charge >= 0.3 is 0 Å². The van der Waals surface area contributed by atoms with Crippen LogP contribution in [-0.2, 0) is 7.05 Å². The maximum atomic E-state index is 4.67. The van der Waals surface area contributed by atoms with E-state index in [-0.39, 0.29) is 6.04 Å². The number of rotatable bonds is 5. The summed E-state index contributed by atoms with van der Waals surface area (Å²) in [6.07, 6.45) is 5.59. The lowest BCUT2D eigenvalue weighted by molar-refractivity contribution is 0.505.